The quantitative estimate of drug-likeness (QED) is 0.259. The molecule has 236 valence electrons. The number of thiophene rings is 1. The molecule has 2 unspecified atom stereocenters. The van der Waals surface area contributed by atoms with Crippen LogP contribution < -0.4 is 5.48 Å². The van der Waals surface area contributed by atoms with Crippen molar-refractivity contribution in [2.45, 2.75) is 49.6 Å². The first-order chi connectivity index (χ1) is 21.8. The molecule has 6 rings (SSSR count). The molecular formula is C32H34N4O7S2. The van der Waals surface area contributed by atoms with Gasteiger partial charge in [-0.05, 0) is 48.6 Å². The van der Waals surface area contributed by atoms with Crippen molar-refractivity contribution in [3.63, 3.8) is 0 Å². The molecule has 2 atom stereocenters. The molecule has 2 fully saturated rings. The number of hydrogen-bond acceptors (Lipinski definition) is 10. The fraction of sp³-hybridized carbons (Fsp3) is 0.375. The number of ether oxygens (including phenoxy) is 1. The number of sulfone groups is 1. The van der Waals surface area contributed by atoms with Crippen LogP contribution in [0.5, 0.6) is 0 Å². The molecule has 4 aromatic rings. The zero-order valence-corrected chi connectivity index (χ0v) is 26.2. The van der Waals surface area contributed by atoms with Gasteiger partial charge in [0, 0.05) is 53.8 Å². The van der Waals surface area contributed by atoms with Gasteiger partial charge in [-0.1, -0.05) is 30.3 Å². The summed E-state index contributed by atoms with van der Waals surface area (Å²) in [5, 5.41) is 0. The lowest BCUT2D eigenvalue weighted by Gasteiger charge is -2.31. The fourth-order valence-corrected chi connectivity index (χ4v) is 9.34. The van der Waals surface area contributed by atoms with E-state index in [1.807, 2.05) is 36.4 Å². The van der Waals surface area contributed by atoms with E-state index < -0.39 is 26.8 Å². The fourth-order valence-electron chi connectivity index (χ4n) is 5.74. The summed E-state index contributed by atoms with van der Waals surface area (Å²) in [6.07, 6.45) is 8.01. The molecule has 0 spiro atoms. The Balaban J connectivity index is 1.27. The molecule has 1 aromatic carbocycles. The number of nitrogens with one attached hydrogen (secondary N) is 1. The molecule has 45 heavy (non-hydrogen) atoms. The number of oxazole rings is 1. The highest BCUT2D eigenvalue weighted by Gasteiger charge is 2.50. The van der Waals surface area contributed by atoms with Crippen molar-refractivity contribution in [2.75, 3.05) is 25.4 Å². The van der Waals surface area contributed by atoms with Gasteiger partial charge in [0.05, 0.1) is 24.8 Å². The summed E-state index contributed by atoms with van der Waals surface area (Å²) in [5.74, 6) is -0.374. The summed E-state index contributed by atoms with van der Waals surface area (Å²) >= 11 is 1.33. The number of nitrogens with zero attached hydrogens (tertiary/aromatic N) is 3. The van der Waals surface area contributed by atoms with E-state index in [1.165, 1.54) is 17.7 Å². The number of amides is 2. The van der Waals surface area contributed by atoms with Crippen molar-refractivity contribution in [1.82, 2.24) is 20.3 Å². The molecule has 13 heteroatoms. The van der Waals surface area contributed by atoms with Crippen LogP contribution in [0.2, 0.25) is 0 Å². The zero-order valence-electron chi connectivity index (χ0n) is 24.6. The van der Waals surface area contributed by atoms with Gasteiger partial charge >= 0.3 is 0 Å². The SMILES string of the molecule is O=C(CC1(c2ccc(-c3ccc(-c4cnco4)cc3)s2)CCN(C(=O)Cc2cccnc2)CCS1(=O)=O)NOC1CCCCO1. The van der Waals surface area contributed by atoms with Gasteiger partial charge in [0.15, 0.2) is 28.3 Å². The van der Waals surface area contributed by atoms with Crippen LogP contribution in [0, 0.1) is 0 Å². The van der Waals surface area contributed by atoms with Gasteiger partial charge in [-0.15, -0.1) is 11.3 Å². The van der Waals surface area contributed by atoms with E-state index in [-0.39, 0.29) is 44.0 Å². The second-order valence-electron chi connectivity index (χ2n) is 11.2. The Hall–Kier alpha value is -3.91. The average Bonchev–Trinajstić information content (AvgIpc) is 3.76. The molecule has 1 N–H and O–H groups in total. The summed E-state index contributed by atoms with van der Waals surface area (Å²) < 4.78 is 37.8. The van der Waals surface area contributed by atoms with E-state index in [9.17, 15) is 18.0 Å². The van der Waals surface area contributed by atoms with Crippen LogP contribution in [0.25, 0.3) is 21.8 Å². The molecule has 0 saturated carbocycles. The van der Waals surface area contributed by atoms with Crippen LogP contribution in [0.1, 0.15) is 42.5 Å². The molecule has 2 amide bonds. The Labute approximate surface area is 265 Å². The van der Waals surface area contributed by atoms with Gasteiger partial charge < -0.3 is 14.1 Å². The standard InChI is InChI=1S/C32H34N4O7S2/c37-29(35-43-31-5-1-2-16-41-31)19-32(12-14-36(15-17-45(32,39)40)30(38)18-23-4-3-13-33-20-23)28-11-10-27(44-28)25-8-6-24(7-9-25)26-21-34-22-42-26/h3-4,6-11,13,20-22,31H,1-2,5,12,14-19H2,(H,35,37). The monoisotopic (exact) mass is 650 g/mol. The van der Waals surface area contributed by atoms with Crippen LogP contribution in [0.3, 0.4) is 0 Å². The van der Waals surface area contributed by atoms with Crippen molar-refractivity contribution in [2.24, 2.45) is 0 Å². The van der Waals surface area contributed by atoms with Crippen LogP contribution >= 0.6 is 11.3 Å². The lowest BCUT2D eigenvalue weighted by atomic mass is 9.97. The number of hydrogen-bond donors (Lipinski definition) is 1. The third-order valence-electron chi connectivity index (χ3n) is 8.27. The predicted octanol–water partition coefficient (Wildman–Crippen LogP) is 4.51. The maximum atomic E-state index is 14.2. The van der Waals surface area contributed by atoms with E-state index in [0.717, 1.165) is 34.4 Å². The lowest BCUT2D eigenvalue weighted by molar-refractivity contribution is -0.200. The van der Waals surface area contributed by atoms with Crippen LogP contribution in [-0.2, 0) is 40.2 Å². The van der Waals surface area contributed by atoms with Crippen LogP contribution in [0.4, 0.5) is 0 Å². The van der Waals surface area contributed by atoms with E-state index in [1.54, 1.807) is 35.6 Å². The third-order valence-corrected chi connectivity index (χ3v) is 12.2. The normalized spacial score (nSPS) is 21.6. The Morgan fingerprint density at radius 3 is 2.62 bits per heavy atom. The molecule has 11 nitrogen and oxygen atoms in total. The summed E-state index contributed by atoms with van der Waals surface area (Å²) in [6, 6.07) is 14.9. The van der Waals surface area contributed by atoms with Crippen LogP contribution in [0.15, 0.2) is 77.9 Å². The second-order valence-corrected chi connectivity index (χ2v) is 14.7. The number of carbonyl (C=O) groups is 2. The minimum Gasteiger partial charge on any atom is -0.444 e. The lowest BCUT2D eigenvalue weighted by Crippen LogP contribution is -2.43. The zero-order chi connectivity index (χ0) is 31.3. The van der Waals surface area contributed by atoms with Gasteiger partial charge in [0.25, 0.3) is 0 Å². The largest absolute Gasteiger partial charge is 0.444 e. The molecule has 0 bridgehead atoms. The average molecular weight is 651 g/mol. The highest BCUT2D eigenvalue weighted by Crippen LogP contribution is 2.45. The molecule has 2 aliphatic rings. The van der Waals surface area contributed by atoms with Crippen molar-refractivity contribution in [3.8, 4) is 21.8 Å². The number of rotatable bonds is 9. The first-order valence-corrected chi connectivity index (χ1v) is 17.3. The Morgan fingerprint density at radius 2 is 1.89 bits per heavy atom. The smallest absolute Gasteiger partial charge is 0.245 e. The predicted molar refractivity (Wildman–Crippen MR) is 167 cm³/mol. The van der Waals surface area contributed by atoms with E-state index >= 15 is 0 Å². The Kier molecular flexibility index (Phi) is 9.40. The molecular weight excluding hydrogens is 617 g/mol. The highest BCUT2D eigenvalue weighted by atomic mass is 32.2. The number of carbonyl (C=O) groups excluding carboxylic acids is 2. The van der Waals surface area contributed by atoms with Gasteiger partial charge in [-0.3, -0.25) is 14.6 Å². The van der Waals surface area contributed by atoms with Gasteiger partial charge in [0.2, 0.25) is 11.8 Å². The first-order valence-electron chi connectivity index (χ1n) is 14.9. The topological polar surface area (TPSA) is 141 Å². The van der Waals surface area contributed by atoms with E-state index in [2.05, 4.69) is 15.4 Å². The van der Waals surface area contributed by atoms with Gasteiger partial charge in [-0.2, -0.15) is 0 Å². The summed E-state index contributed by atoms with van der Waals surface area (Å²) in [4.78, 5) is 43.2. The third kappa shape index (κ3) is 7.01. The van der Waals surface area contributed by atoms with E-state index in [4.69, 9.17) is 14.0 Å². The van der Waals surface area contributed by atoms with Crippen molar-refractivity contribution in [3.05, 3.63) is 84.0 Å². The minimum atomic E-state index is -3.92. The van der Waals surface area contributed by atoms with Crippen molar-refractivity contribution < 1.29 is 32.0 Å². The summed E-state index contributed by atoms with van der Waals surface area (Å²) in [5.41, 5.74) is 4.96. The molecule has 0 aliphatic carbocycles. The second kappa shape index (κ2) is 13.6. The first kappa shape index (κ1) is 31.1. The molecule has 3 aromatic heterocycles. The number of aromatic nitrogens is 2. The van der Waals surface area contributed by atoms with Gasteiger partial charge in [-0.25, -0.2) is 23.7 Å². The Bertz CT molecular complexity index is 1700. The highest BCUT2D eigenvalue weighted by molar-refractivity contribution is 7.92. The van der Waals surface area contributed by atoms with Crippen molar-refractivity contribution in [1.29, 1.82) is 0 Å². The Morgan fingerprint density at radius 1 is 1.04 bits per heavy atom. The van der Waals surface area contributed by atoms with Gasteiger partial charge in [0.1, 0.15) is 4.75 Å². The van der Waals surface area contributed by atoms with E-state index in [0.29, 0.717) is 23.7 Å². The van der Waals surface area contributed by atoms with Crippen molar-refractivity contribution >= 4 is 33.0 Å². The number of benzene rings is 1. The summed E-state index contributed by atoms with van der Waals surface area (Å²) in [6.45, 7) is 0.759. The molecule has 2 saturated heterocycles. The number of hydroxylamine groups is 1. The number of pyridine rings is 1. The van der Waals surface area contributed by atoms with Crippen LogP contribution in [-0.4, -0.2) is 66.8 Å². The molecule has 2 aliphatic heterocycles. The molecule has 5 heterocycles. The maximum Gasteiger partial charge on any atom is 0.245 e. The minimum absolute atomic E-state index is 0.0402. The maximum absolute atomic E-state index is 14.2. The molecule has 0 radical (unpaired) electrons. The summed E-state index contributed by atoms with van der Waals surface area (Å²) in [7, 11) is -3.92.